The predicted octanol–water partition coefficient (Wildman–Crippen LogP) is 3.70. The molecule has 6 nitrogen and oxygen atoms in total. The number of nitrogens with one attached hydrogen (secondary N) is 1. The summed E-state index contributed by atoms with van der Waals surface area (Å²) < 4.78 is 0. The maximum Gasteiger partial charge on any atom is 0.322 e. The van der Waals surface area contributed by atoms with Crippen LogP contribution >= 0.6 is 0 Å². The zero-order valence-electron chi connectivity index (χ0n) is 17.5. The minimum absolute atomic E-state index is 0.00234. The number of hydrogen-bond donors (Lipinski definition) is 3. The Bertz CT molecular complexity index is 838. The normalized spacial score (nSPS) is 35.3. The minimum atomic E-state index is -1.12. The standard InChI is InChI=1S/C23H31NO5/c1-13-6-5-7-18-22(13,3)9-8-14(2)23(18,4)11-15-20(28)16(24-12-19(26)27)10-17(25)21(15)29/h10,14,18,24,28H,1,5-9,11-12H2,2-4H3,(H,26,27). The van der Waals surface area contributed by atoms with Gasteiger partial charge in [0.25, 0.3) is 0 Å². The smallest absolute Gasteiger partial charge is 0.322 e. The van der Waals surface area contributed by atoms with Crippen LogP contribution in [0.4, 0.5) is 0 Å². The van der Waals surface area contributed by atoms with Crippen LogP contribution in [0.1, 0.15) is 59.3 Å². The molecule has 3 rings (SSSR count). The van der Waals surface area contributed by atoms with Crippen LogP contribution in [0, 0.1) is 22.7 Å². The van der Waals surface area contributed by atoms with Crippen LogP contribution in [0.2, 0.25) is 0 Å². The van der Waals surface area contributed by atoms with E-state index in [0.717, 1.165) is 38.2 Å². The molecule has 0 radical (unpaired) electrons. The van der Waals surface area contributed by atoms with Crippen molar-refractivity contribution in [2.45, 2.75) is 59.3 Å². The highest BCUT2D eigenvalue weighted by atomic mass is 16.4. The number of carboxylic acid groups (broad SMARTS) is 1. The third-order valence-corrected chi connectivity index (χ3v) is 7.87. The first-order chi connectivity index (χ1) is 13.5. The van der Waals surface area contributed by atoms with Crippen molar-refractivity contribution in [1.82, 2.24) is 5.32 Å². The lowest BCUT2D eigenvalue weighted by molar-refractivity contribution is -0.135. The first-order valence-electron chi connectivity index (χ1n) is 10.4. The summed E-state index contributed by atoms with van der Waals surface area (Å²) in [5.41, 5.74) is 1.09. The Morgan fingerprint density at radius 2 is 2.00 bits per heavy atom. The van der Waals surface area contributed by atoms with Crippen LogP contribution in [0.3, 0.4) is 0 Å². The van der Waals surface area contributed by atoms with Gasteiger partial charge in [0, 0.05) is 11.6 Å². The number of carbonyl (C=O) groups excluding carboxylic acids is 2. The molecule has 3 N–H and O–H groups in total. The summed E-state index contributed by atoms with van der Waals surface area (Å²) >= 11 is 0. The lowest BCUT2D eigenvalue weighted by Crippen LogP contribution is -2.51. The van der Waals surface area contributed by atoms with Crippen molar-refractivity contribution >= 4 is 17.5 Å². The molecular formula is C23H31NO5. The number of carbonyl (C=O) groups is 3. The Balaban J connectivity index is 1.98. The average Bonchev–Trinajstić information content (AvgIpc) is 2.66. The summed E-state index contributed by atoms with van der Waals surface area (Å²) in [6.07, 6.45) is 6.47. The third kappa shape index (κ3) is 3.53. The molecule has 3 aliphatic carbocycles. The van der Waals surface area contributed by atoms with Crippen LogP contribution in [0.5, 0.6) is 0 Å². The highest BCUT2D eigenvalue weighted by Crippen LogP contribution is 2.63. The van der Waals surface area contributed by atoms with Crippen molar-refractivity contribution < 1.29 is 24.6 Å². The predicted molar refractivity (Wildman–Crippen MR) is 109 cm³/mol. The second-order valence-corrected chi connectivity index (χ2v) is 9.41. The van der Waals surface area contributed by atoms with Gasteiger partial charge in [0.05, 0.1) is 5.70 Å². The molecule has 158 valence electrons. The number of rotatable bonds is 5. The number of fused-ring (bicyclic) bond motifs is 1. The quantitative estimate of drug-likeness (QED) is 0.369. The summed E-state index contributed by atoms with van der Waals surface area (Å²) in [7, 11) is 0. The van der Waals surface area contributed by atoms with Gasteiger partial charge in [-0.15, -0.1) is 0 Å². The van der Waals surface area contributed by atoms with E-state index in [0.29, 0.717) is 18.3 Å². The van der Waals surface area contributed by atoms with Crippen molar-refractivity contribution in [2.24, 2.45) is 22.7 Å². The van der Waals surface area contributed by atoms with Crippen LogP contribution in [-0.4, -0.2) is 34.3 Å². The van der Waals surface area contributed by atoms with E-state index in [-0.39, 0.29) is 27.9 Å². The Kier molecular flexibility index (Phi) is 5.50. The van der Waals surface area contributed by atoms with Crippen molar-refractivity contribution in [3.63, 3.8) is 0 Å². The van der Waals surface area contributed by atoms with Crippen molar-refractivity contribution in [3.8, 4) is 0 Å². The third-order valence-electron chi connectivity index (χ3n) is 7.87. The molecule has 3 aliphatic rings. The molecule has 0 aromatic heterocycles. The molecule has 0 aromatic rings. The van der Waals surface area contributed by atoms with Gasteiger partial charge in [0.1, 0.15) is 12.3 Å². The molecule has 4 unspecified atom stereocenters. The number of Topliss-reactive ketones (excluding diaryl/α,β-unsaturated/α-hetero) is 1. The molecule has 2 saturated carbocycles. The van der Waals surface area contributed by atoms with Crippen LogP contribution < -0.4 is 5.32 Å². The van der Waals surface area contributed by atoms with Crippen molar-refractivity contribution in [2.75, 3.05) is 6.54 Å². The maximum atomic E-state index is 12.7. The van der Waals surface area contributed by atoms with Gasteiger partial charge in [-0.1, -0.05) is 32.9 Å². The fourth-order valence-electron chi connectivity index (χ4n) is 5.80. The SMILES string of the molecule is C=C1CCCC2C1(C)CCC(C)C2(C)CC1=C(O)C(NCC(=O)O)=CC(=O)C1=O. The molecule has 0 bridgehead atoms. The molecule has 2 fully saturated rings. The fraction of sp³-hybridized carbons (Fsp3) is 0.609. The molecule has 4 atom stereocenters. The molecule has 0 amide bonds. The molecule has 0 aromatic carbocycles. The van der Waals surface area contributed by atoms with E-state index in [1.165, 1.54) is 5.57 Å². The Hall–Kier alpha value is -2.37. The Morgan fingerprint density at radius 3 is 2.66 bits per heavy atom. The lowest BCUT2D eigenvalue weighted by Gasteiger charge is -2.59. The summed E-state index contributed by atoms with van der Waals surface area (Å²) in [6, 6.07) is 0. The average molecular weight is 402 g/mol. The largest absolute Gasteiger partial charge is 0.505 e. The molecule has 6 heteroatoms. The number of carboxylic acids is 1. The zero-order valence-corrected chi connectivity index (χ0v) is 17.5. The van der Waals surface area contributed by atoms with Crippen LogP contribution in [-0.2, 0) is 14.4 Å². The first kappa shape index (κ1) is 21.3. The fourth-order valence-corrected chi connectivity index (χ4v) is 5.80. The number of allylic oxidation sites excluding steroid dienone is 3. The molecule has 0 spiro atoms. The van der Waals surface area contributed by atoms with Gasteiger partial charge in [-0.2, -0.15) is 0 Å². The maximum absolute atomic E-state index is 12.7. The van der Waals surface area contributed by atoms with E-state index in [1.807, 2.05) is 0 Å². The minimum Gasteiger partial charge on any atom is -0.505 e. The van der Waals surface area contributed by atoms with Gasteiger partial charge in [-0.05, 0) is 61.2 Å². The topological polar surface area (TPSA) is 104 Å². The summed E-state index contributed by atoms with van der Waals surface area (Å²) in [4.78, 5) is 35.8. The lowest BCUT2D eigenvalue weighted by atomic mass is 9.46. The second-order valence-electron chi connectivity index (χ2n) is 9.41. The van der Waals surface area contributed by atoms with Crippen molar-refractivity contribution in [3.05, 3.63) is 35.3 Å². The Labute approximate surface area is 171 Å². The molecule has 0 aliphatic heterocycles. The number of aliphatic carboxylic acids is 1. The zero-order chi connectivity index (χ0) is 21.6. The van der Waals surface area contributed by atoms with Crippen molar-refractivity contribution in [1.29, 1.82) is 0 Å². The van der Waals surface area contributed by atoms with E-state index in [9.17, 15) is 19.5 Å². The van der Waals surface area contributed by atoms with E-state index in [4.69, 9.17) is 5.11 Å². The summed E-state index contributed by atoms with van der Waals surface area (Å²) in [5.74, 6) is -2.21. The number of hydrogen-bond acceptors (Lipinski definition) is 5. The number of aliphatic hydroxyl groups excluding tert-OH is 1. The van der Waals surface area contributed by atoms with E-state index >= 15 is 0 Å². The van der Waals surface area contributed by atoms with Gasteiger partial charge < -0.3 is 15.5 Å². The van der Waals surface area contributed by atoms with Crippen LogP contribution in [0.15, 0.2) is 35.3 Å². The van der Waals surface area contributed by atoms with E-state index < -0.39 is 24.1 Å². The second kappa shape index (κ2) is 7.47. The monoisotopic (exact) mass is 401 g/mol. The Morgan fingerprint density at radius 1 is 1.31 bits per heavy atom. The summed E-state index contributed by atoms with van der Waals surface area (Å²) in [6.45, 7) is 10.5. The highest BCUT2D eigenvalue weighted by molar-refractivity contribution is 6.48. The van der Waals surface area contributed by atoms with E-state index in [2.05, 4.69) is 32.7 Å². The number of ketones is 2. The van der Waals surface area contributed by atoms with Gasteiger partial charge >= 0.3 is 5.97 Å². The first-order valence-corrected chi connectivity index (χ1v) is 10.4. The van der Waals surface area contributed by atoms with E-state index in [1.54, 1.807) is 0 Å². The molecular weight excluding hydrogens is 370 g/mol. The van der Waals surface area contributed by atoms with Gasteiger partial charge in [-0.25, -0.2) is 0 Å². The van der Waals surface area contributed by atoms with Gasteiger partial charge in [0.2, 0.25) is 11.6 Å². The molecule has 29 heavy (non-hydrogen) atoms. The number of aliphatic hydroxyl groups is 1. The highest BCUT2D eigenvalue weighted by Gasteiger charge is 2.54. The molecule has 0 heterocycles. The van der Waals surface area contributed by atoms with Gasteiger partial charge in [-0.3, -0.25) is 14.4 Å². The van der Waals surface area contributed by atoms with Gasteiger partial charge in [0.15, 0.2) is 0 Å². The molecule has 0 saturated heterocycles. The van der Waals surface area contributed by atoms with Crippen LogP contribution in [0.25, 0.3) is 0 Å². The summed E-state index contributed by atoms with van der Waals surface area (Å²) in [5, 5.41) is 22.2.